The van der Waals surface area contributed by atoms with Gasteiger partial charge in [0.1, 0.15) is 0 Å². The zero-order valence-corrected chi connectivity index (χ0v) is 12.6. The lowest BCUT2D eigenvalue weighted by Gasteiger charge is -2.28. The van der Waals surface area contributed by atoms with E-state index in [0.717, 1.165) is 24.1 Å². The molecule has 1 fully saturated rings. The molecule has 2 N–H and O–H groups in total. The van der Waals surface area contributed by atoms with Crippen molar-refractivity contribution in [3.63, 3.8) is 0 Å². The average molecular weight is 274 g/mol. The molecule has 2 atom stereocenters. The summed E-state index contributed by atoms with van der Waals surface area (Å²) in [6.45, 7) is 5.73. The first-order valence-corrected chi connectivity index (χ1v) is 7.72. The fourth-order valence-corrected chi connectivity index (χ4v) is 2.91. The van der Waals surface area contributed by atoms with E-state index < -0.39 is 0 Å². The zero-order chi connectivity index (χ0) is 14.4. The molecule has 3 nitrogen and oxygen atoms in total. The number of aryl methyl sites for hydroxylation is 1. The molecule has 1 amide bonds. The molecule has 1 saturated carbocycles. The maximum absolute atomic E-state index is 11.8. The topological polar surface area (TPSA) is 41.1 Å². The van der Waals surface area contributed by atoms with E-state index in [1.165, 1.54) is 31.2 Å². The molecule has 1 aliphatic carbocycles. The molecule has 0 radical (unpaired) electrons. The number of hydrogen-bond donors (Lipinski definition) is 2. The Bertz CT molecular complexity index is 427. The second-order valence-corrected chi connectivity index (χ2v) is 6.07. The molecule has 0 aliphatic heterocycles. The number of amides is 1. The van der Waals surface area contributed by atoms with Gasteiger partial charge in [0.2, 0.25) is 5.91 Å². The van der Waals surface area contributed by atoms with Gasteiger partial charge in [0.25, 0.3) is 0 Å². The van der Waals surface area contributed by atoms with Crippen LogP contribution in [0.5, 0.6) is 0 Å². The Hall–Kier alpha value is -1.35. The van der Waals surface area contributed by atoms with Crippen LogP contribution in [0.1, 0.15) is 38.2 Å². The van der Waals surface area contributed by atoms with Crippen LogP contribution < -0.4 is 10.6 Å². The molecule has 0 aromatic heterocycles. The number of nitrogens with one attached hydrogen (secondary N) is 2. The highest BCUT2D eigenvalue weighted by molar-refractivity contribution is 5.92. The number of rotatable bonds is 5. The number of hydrogen-bond acceptors (Lipinski definition) is 2. The molecule has 1 aliphatic rings. The lowest BCUT2D eigenvalue weighted by Crippen LogP contribution is -2.34. The number of carbonyl (C=O) groups is 1. The highest BCUT2D eigenvalue weighted by atomic mass is 16.1. The average Bonchev–Trinajstić information content (AvgIpc) is 2.43. The molecule has 110 valence electrons. The molecule has 0 heterocycles. The van der Waals surface area contributed by atoms with Gasteiger partial charge in [0, 0.05) is 5.69 Å². The maximum Gasteiger partial charge on any atom is 0.238 e. The molecule has 1 aromatic carbocycles. The normalized spacial score (nSPS) is 22.5. The summed E-state index contributed by atoms with van der Waals surface area (Å²) in [4.78, 5) is 11.8. The first-order chi connectivity index (χ1) is 9.65. The van der Waals surface area contributed by atoms with E-state index in [1.807, 2.05) is 31.2 Å². The summed E-state index contributed by atoms with van der Waals surface area (Å²) >= 11 is 0. The molecule has 2 unspecified atom stereocenters. The van der Waals surface area contributed by atoms with Crippen molar-refractivity contribution in [3.8, 4) is 0 Å². The Kier molecular flexibility index (Phi) is 5.60. The zero-order valence-electron chi connectivity index (χ0n) is 12.6. The third-order valence-corrected chi connectivity index (χ3v) is 4.32. The van der Waals surface area contributed by atoms with E-state index >= 15 is 0 Å². The van der Waals surface area contributed by atoms with Crippen LogP contribution in [0.25, 0.3) is 0 Å². The van der Waals surface area contributed by atoms with Gasteiger partial charge in [0.15, 0.2) is 0 Å². The molecule has 0 spiro atoms. The van der Waals surface area contributed by atoms with E-state index in [9.17, 15) is 4.79 Å². The lowest BCUT2D eigenvalue weighted by atomic mass is 9.80. The smallest absolute Gasteiger partial charge is 0.238 e. The van der Waals surface area contributed by atoms with Crippen LogP contribution in [0.2, 0.25) is 0 Å². The first-order valence-electron chi connectivity index (χ1n) is 7.72. The molecule has 2 rings (SSSR count). The van der Waals surface area contributed by atoms with Crippen LogP contribution in [0.3, 0.4) is 0 Å². The summed E-state index contributed by atoms with van der Waals surface area (Å²) in [5.74, 6) is 1.56. The Balaban J connectivity index is 1.68. The maximum atomic E-state index is 11.8. The lowest BCUT2D eigenvalue weighted by molar-refractivity contribution is -0.115. The SMILES string of the molecule is Cc1ccc(NC(=O)CNCC2CCCCC2C)cc1. The number of benzene rings is 1. The van der Waals surface area contributed by atoms with Crippen molar-refractivity contribution < 1.29 is 4.79 Å². The summed E-state index contributed by atoms with van der Waals surface area (Å²) < 4.78 is 0. The molecule has 0 bridgehead atoms. The highest BCUT2D eigenvalue weighted by Crippen LogP contribution is 2.28. The third kappa shape index (κ3) is 4.64. The molecular weight excluding hydrogens is 248 g/mol. The molecular formula is C17H26N2O. The minimum Gasteiger partial charge on any atom is -0.325 e. The van der Waals surface area contributed by atoms with E-state index in [4.69, 9.17) is 0 Å². The van der Waals surface area contributed by atoms with Crippen molar-refractivity contribution in [2.75, 3.05) is 18.4 Å². The van der Waals surface area contributed by atoms with Gasteiger partial charge in [-0.15, -0.1) is 0 Å². The molecule has 0 saturated heterocycles. The van der Waals surface area contributed by atoms with Crippen LogP contribution in [-0.2, 0) is 4.79 Å². The van der Waals surface area contributed by atoms with Gasteiger partial charge in [-0.05, 0) is 43.9 Å². The highest BCUT2D eigenvalue weighted by Gasteiger charge is 2.20. The van der Waals surface area contributed by atoms with E-state index in [-0.39, 0.29) is 5.91 Å². The van der Waals surface area contributed by atoms with Crippen LogP contribution in [0.4, 0.5) is 5.69 Å². The standard InChI is InChI=1S/C17H26N2O/c1-13-7-9-16(10-8-13)19-17(20)12-18-11-15-6-4-3-5-14(15)2/h7-10,14-15,18H,3-6,11-12H2,1-2H3,(H,19,20). The fourth-order valence-electron chi connectivity index (χ4n) is 2.91. The minimum absolute atomic E-state index is 0.0392. The Labute approximate surface area is 122 Å². The number of anilines is 1. The van der Waals surface area contributed by atoms with Gasteiger partial charge in [-0.25, -0.2) is 0 Å². The van der Waals surface area contributed by atoms with Gasteiger partial charge >= 0.3 is 0 Å². The van der Waals surface area contributed by atoms with E-state index in [2.05, 4.69) is 17.6 Å². The van der Waals surface area contributed by atoms with E-state index in [1.54, 1.807) is 0 Å². The van der Waals surface area contributed by atoms with Crippen LogP contribution >= 0.6 is 0 Å². The van der Waals surface area contributed by atoms with Crippen molar-refractivity contribution in [1.29, 1.82) is 0 Å². The minimum atomic E-state index is 0.0392. The van der Waals surface area contributed by atoms with Gasteiger partial charge in [0.05, 0.1) is 6.54 Å². The summed E-state index contributed by atoms with van der Waals surface area (Å²) in [6.07, 6.45) is 5.34. The largest absolute Gasteiger partial charge is 0.325 e. The van der Waals surface area contributed by atoms with Crippen molar-refractivity contribution in [1.82, 2.24) is 5.32 Å². The second-order valence-electron chi connectivity index (χ2n) is 6.07. The van der Waals surface area contributed by atoms with Crippen molar-refractivity contribution >= 4 is 11.6 Å². The second kappa shape index (κ2) is 7.44. The summed E-state index contributed by atoms with van der Waals surface area (Å²) in [5, 5.41) is 6.22. The summed E-state index contributed by atoms with van der Waals surface area (Å²) in [7, 11) is 0. The van der Waals surface area contributed by atoms with Gasteiger partial charge in [-0.3, -0.25) is 4.79 Å². The Morgan fingerprint density at radius 3 is 2.60 bits per heavy atom. The quantitative estimate of drug-likeness (QED) is 0.864. The first kappa shape index (κ1) is 15.0. The predicted octanol–water partition coefficient (Wildman–Crippen LogP) is 3.35. The monoisotopic (exact) mass is 274 g/mol. The van der Waals surface area contributed by atoms with Crippen LogP contribution in [0.15, 0.2) is 24.3 Å². The summed E-state index contributed by atoms with van der Waals surface area (Å²) in [6, 6.07) is 7.90. The van der Waals surface area contributed by atoms with Crippen molar-refractivity contribution in [2.45, 2.75) is 39.5 Å². The number of carbonyl (C=O) groups excluding carboxylic acids is 1. The fraction of sp³-hybridized carbons (Fsp3) is 0.588. The van der Waals surface area contributed by atoms with Crippen LogP contribution in [0, 0.1) is 18.8 Å². The van der Waals surface area contributed by atoms with Gasteiger partial charge < -0.3 is 10.6 Å². The van der Waals surface area contributed by atoms with Gasteiger partial charge in [-0.2, -0.15) is 0 Å². The summed E-state index contributed by atoms with van der Waals surface area (Å²) in [5.41, 5.74) is 2.07. The van der Waals surface area contributed by atoms with Crippen molar-refractivity contribution in [3.05, 3.63) is 29.8 Å². The Morgan fingerprint density at radius 2 is 1.90 bits per heavy atom. The third-order valence-electron chi connectivity index (χ3n) is 4.32. The molecule has 1 aromatic rings. The van der Waals surface area contributed by atoms with Crippen LogP contribution in [-0.4, -0.2) is 19.0 Å². The predicted molar refractivity (Wildman–Crippen MR) is 83.8 cm³/mol. The Morgan fingerprint density at radius 1 is 1.20 bits per heavy atom. The molecule has 3 heteroatoms. The molecule has 20 heavy (non-hydrogen) atoms. The van der Waals surface area contributed by atoms with Crippen molar-refractivity contribution in [2.24, 2.45) is 11.8 Å². The van der Waals surface area contributed by atoms with Gasteiger partial charge in [-0.1, -0.05) is 43.9 Å². The van der Waals surface area contributed by atoms with E-state index in [0.29, 0.717) is 6.54 Å².